The van der Waals surface area contributed by atoms with Gasteiger partial charge in [-0.05, 0) is 65.2 Å². The van der Waals surface area contributed by atoms with Crippen LogP contribution in [0.2, 0.25) is 0 Å². The first-order valence-electron chi connectivity index (χ1n) is 10.5. The lowest BCUT2D eigenvalue weighted by Crippen LogP contribution is -2.11. The zero-order valence-electron chi connectivity index (χ0n) is 17.3. The van der Waals surface area contributed by atoms with Gasteiger partial charge in [0.05, 0.1) is 0 Å². The van der Waals surface area contributed by atoms with E-state index in [0.717, 1.165) is 12.8 Å². The summed E-state index contributed by atoms with van der Waals surface area (Å²) >= 11 is 0. The van der Waals surface area contributed by atoms with Crippen molar-refractivity contribution in [1.29, 1.82) is 0 Å². The van der Waals surface area contributed by atoms with Crippen LogP contribution in [0.25, 0.3) is 18.2 Å². The molecule has 1 fully saturated rings. The number of allylic oxidation sites excluding steroid dienone is 3. The van der Waals surface area contributed by atoms with E-state index in [1.807, 2.05) is 0 Å². The maximum absolute atomic E-state index is 2.37. The van der Waals surface area contributed by atoms with Gasteiger partial charge in [-0.25, -0.2) is 0 Å². The molecule has 0 N–H and O–H groups in total. The molecular weight excluding hydrogens is 348 g/mol. The number of benzene rings is 3. The molecule has 0 spiro atoms. The molecule has 1 aliphatic rings. The second kappa shape index (κ2) is 8.92. The first-order valence-corrected chi connectivity index (χ1v) is 10.5. The predicted molar refractivity (Wildman–Crippen MR) is 126 cm³/mol. The van der Waals surface area contributed by atoms with Gasteiger partial charge in [0.1, 0.15) is 0 Å². The fourth-order valence-corrected chi connectivity index (χ4v) is 4.04. The van der Waals surface area contributed by atoms with Gasteiger partial charge < -0.3 is 0 Å². The van der Waals surface area contributed by atoms with Crippen LogP contribution >= 0.6 is 0 Å². The summed E-state index contributed by atoms with van der Waals surface area (Å²) in [4.78, 5) is 0. The quantitative estimate of drug-likeness (QED) is 0.435. The van der Waals surface area contributed by atoms with E-state index >= 15 is 0 Å². The van der Waals surface area contributed by atoms with Gasteiger partial charge in [-0.15, -0.1) is 0 Å². The summed E-state index contributed by atoms with van der Waals surface area (Å²) in [6, 6.07) is 30.2. The van der Waals surface area contributed by atoms with Gasteiger partial charge in [0, 0.05) is 0 Å². The van der Waals surface area contributed by atoms with Gasteiger partial charge in [0.15, 0.2) is 0 Å². The molecule has 3 aromatic rings. The van der Waals surface area contributed by atoms with Gasteiger partial charge in [0.25, 0.3) is 0 Å². The second-order valence-electron chi connectivity index (χ2n) is 8.14. The summed E-state index contributed by atoms with van der Waals surface area (Å²) in [5, 5.41) is 0. The molecule has 0 radical (unpaired) electrons. The molecule has 0 aliphatic heterocycles. The SMILES string of the molecule is Cc1ccc(C=C2/C(=C\c3ccccc3)CC(C)C/C2=C\c2ccccc2)cc1. The van der Waals surface area contributed by atoms with Gasteiger partial charge in [-0.2, -0.15) is 0 Å². The van der Waals surface area contributed by atoms with Crippen LogP contribution in [0, 0.1) is 12.8 Å². The Labute approximate surface area is 174 Å². The lowest BCUT2D eigenvalue weighted by Gasteiger charge is -2.27. The van der Waals surface area contributed by atoms with Crippen molar-refractivity contribution >= 4 is 18.2 Å². The van der Waals surface area contributed by atoms with Crippen molar-refractivity contribution in [2.45, 2.75) is 26.7 Å². The molecule has 0 saturated heterocycles. The third-order valence-corrected chi connectivity index (χ3v) is 5.50. The molecule has 0 bridgehead atoms. The lowest BCUT2D eigenvalue weighted by atomic mass is 9.77. The van der Waals surface area contributed by atoms with Crippen molar-refractivity contribution in [3.8, 4) is 0 Å². The first-order chi connectivity index (χ1) is 14.2. The van der Waals surface area contributed by atoms with E-state index in [1.54, 1.807) is 0 Å². The summed E-state index contributed by atoms with van der Waals surface area (Å²) in [7, 11) is 0. The second-order valence-corrected chi connectivity index (χ2v) is 8.14. The minimum absolute atomic E-state index is 0.634. The van der Waals surface area contributed by atoms with E-state index < -0.39 is 0 Å². The molecule has 3 aromatic carbocycles. The molecule has 0 heterocycles. The van der Waals surface area contributed by atoms with Gasteiger partial charge in [-0.3, -0.25) is 0 Å². The highest BCUT2D eigenvalue weighted by Gasteiger charge is 2.22. The molecular formula is C29H28. The molecule has 144 valence electrons. The van der Waals surface area contributed by atoms with Crippen molar-refractivity contribution in [2.75, 3.05) is 0 Å². The highest BCUT2D eigenvalue weighted by atomic mass is 14.3. The lowest BCUT2D eigenvalue weighted by molar-refractivity contribution is 0.558. The molecule has 1 atom stereocenters. The highest BCUT2D eigenvalue weighted by Crippen LogP contribution is 2.40. The van der Waals surface area contributed by atoms with Crippen LogP contribution in [-0.2, 0) is 0 Å². The van der Waals surface area contributed by atoms with E-state index in [1.165, 1.54) is 39.0 Å². The van der Waals surface area contributed by atoms with Crippen molar-refractivity contribution in [3.05, 3.63) is 124 Å². The number of rotatable bonds is 3. The van der Waals surface area contributed by atoms with Gasteiger partial charge in [-0.1, -0.05) is 110 Å². The summed E-state index contributed by atoms with van der Waals surface area (Å²) in [5.74, 6) is 0.634. The van der Waals surface area contributed by atoms with Crippen LogP contribution in [0.15, 0.2) is 102 Å². The smallest absolute Gasteiger partial charge is 0.0186 e. The van der Waals surface area contributed by atoms with Crippen LogP contribution in [0.1, 0.15) is 42.0 Å². The number of hydrogen-bond acceptors (Lipinski definition) is 0. The Bertz CT molecular complexity index is 971. The highest BCUT2D eigenvalue weighted by molar-refractivity contribution is 5.76. The minimum atomic E-state index is 0.634. The average molecular weight is 377 g/mol. The van der Waals surface area contributed by atoms with E-state index in [9.17, 15) is 0 Å². The van der Waals surface area contributed by atoms with Crippen molar-refractivity contribution in [1.82, 2.24) is 0 Å². The Morgan fingerprint density at radius 1 is 0.586 bits per heavy atom. The summed E-state index contributed by atoms with van der Waals surface area (Å²) < 4.78 is 0. The molecule has 0 heteroatoms. The van der Waals surface area contributed by atoms with Crippen LogP contribution in [-0.4, -0.2) is 0 Å². The molecule has 1 aliphatic carbocycles. The van der Waals surface area contributed by atoms with Crippen molar-refractivity contribution in [2.24, 2.45) is 5.92 Å². The van der Waals surface area contributed by atoms with Gasteiger partial charge in [0.2, 0.25) is 0 Å². The summed E-state index contributed by atoms with van der Waals surface area (Å²) in [6.45, 7) is 4.50. The first kappa shape index (κ1) is 19.2. The van der Waals surface area contributed by atoms with Crippen molar-refractivity contribution in [3.63, 3.8) is 0 Å². The van der Waals surface area contributed by atoms with Crippen LogP contribution in [0.5, 0.6) is 0 Å². The Morgan fingerprint density at radius 2 is 1.03 bits per heavy atom. The molecule has 1 saturated carbocycles. The maximum Gasteiger partial charge on any atom is -0.0186 e. The van der Waals surface area contributed by atoms with Crippen LogP contribution in [0.3, 0.4) is 0 Å². The topological polar surface area (TPSA) is 0 Å². The predicted octanol–water partition coefficient (Wildman–Crippen LogP) is 7.98. The molecule has 29 heavy (non-hydrogen) atoms. The summed E-state index contributed by atoms with van der Waals surface area (Å²) in [6.07, 6.45) is 9.33. The maximum atomic E-state index is 2.37. The molecule has 0 amide bonds. The monoisotopic (exact) mass is 376 g/mol. The Hall–Kier alpha value is -3.12. The van der Waals surface area contributed by atoms with Gasteiger partial charge >= 0.3 is 0 Å². The number of aryl methyl sites for hydroxylation is 1. The zero-order valence-corrected chi connectivity index (χ0v) is 17.3. The van der Waals surface area contributed by atoms with E-state index in [-0.39, 0.29) is 0 Å². The largest absolute Gasteiger partial charge is 0.0622 e. The molecule has 0 nitrogen and oxygen atoms in total. The Balaban J connectivity index is 1.83. The van der Waals surface area contributed by atoms with Crippen molar-refractivity contribution < 1.29 is 0 Å². The molecule has 0 aromatic heterocycles. The molecule has 1 unspecified atom stereocenters. The third kappa shape index (κ3) is 5.03. The Kier molecular flexibility index (Phi) is 5.91. The normalized spacial score (nSPS) is 21.0. The van der Waals surface area contributed by atoms with E-state index in [4.69, 9.17) is 0 Å². The average Bonchev–Trinajstić information content (AvgIpc) is 2.73. The van der Waals surface area contributed by atoms with E-state index in [0.29, 0.717) is 5.92 Å². The third-order valence-electron chi connectivity index (χ3n) is 5.50. The van der Waals surface area contributed by atoms with E-state index in [2.05, 4.69) is 117 Å². The van der Waals surface area contributed by atoms with Crippen LogP contribution < -0.4 is 0 Å². The fourth-order valence-electron chi connectivity index (χ4n) is 4.04. The fraction of sp³-hybridized carbons (Fsp3) is 0.172. The minimum Gasteiger partial charge on any atom is -0.0622 e. The summed E-state index contributed by atoms with van der Waals surface area (Å²) in [5.41, 5.74) is 9.33. The molecule has 4 rings (SSSR count). The zero-order chi connectivity index (χ0) is 20.1. The Morgan fingerprint density at radius 3 is 1.52 bits per heavy atom. The standard InChI is InChI=1S/C29H28/c1-22-13-15-26(16-14-22)21-29-27(19-24-9-5-3-6-10-24)17-23(2)18-28(29)20-25-11-7-4-8-12-25/h3-16,19-21,23H,17-18H2,1-2H3/b27-19-,28-20+,29-21?. The number of hydrogen-bond donors (Lipinski definition) is 0. The van der Waals surface area contributed by atoms with Crippen LogP contribution in [0.4, 0.5) is 0 Å².